The quantitative estimate of drug-likeness (QED) is 0.439. The molecule has 0 unspecified atom stereocenters. The van der Waals surface area contributed by atoms with Gasteiger partial charge >= 0.3 is 0 Å². The number of hydrogen-bond donors (Lipinski definition) is 1. The van der Waals surface area contributed by atoms with Gasteiger partial charge in [0.1, 0.15) is 23.0 Å². The molecular formula is C23H19ClF2N4O. The molecule has 1 amide bonds. The van der Waals surface area contributed by atoms with E-state index in [1.807, 2.05) is 23.1 Å². The highest BCUT2D eigenvalue weighted by Crippen LogP contribution is 2.55. The first-order valence-corrected chi connectivity index (χ1v) is 10.4. The first-order chi connectivity index (χ1) is 14.9. The van der Waals surface area contributed by atoms with Crippen molar-refractivity contribution in [2.45, 2.75) is 30.7 Å². The Labute approximate surface area is 182 Å². The van der Waals surface area contributed by atoms with Crippen molar-refractivity contribution in [3.05, 3.63) is 71.5 Å². The lowest BCUT2D eigenvalue weighted by Crippen LogP contribution is -2.67. The van der Waals surface area contributed by atoms with Gasteiger partial charge in [0.25, 0.3) is 0 Å². The summed E-state index contributed by atoms with van der Waals surface area (Å²) < 4.78 is 27.8. The molecule has 1 saturated heterocycles. The second-order valence-corrected chi connectivity index (χ2v) is 8.50. The van der Waals surface area contributed by atoms with Crippen LogP contribution in [0.5, 0.6) is 0 Å². The number of likely N-dealkylation sites (tertiary alicyclic amines) is 1. The van der Waals surface area contributed by atoms with E-state index in [-0.39, 0.29) is 17.1 Å². The van der Waals surface area contributed by atoms with Gasteiger partial charge in [0, 0.05) is 17.5 Å². The molecule has 2 heterocycles. The highest BCUT2D eigenvalue weighted by atomic mass is 35.5. The molecule has 1 aromatic heterocycles. The highest BCUT2D eigenvalue weighted by Gasteiger charge is 2.55. The van der Waals surface area contributed by atoms with E-state index in [2.05, 4.69) is 21.9 Å². The Hall–Kier alpha value is -3.06. The van der Waals surface area contributed by atoms with Crippen LogP contribution in [-0.4, -0.2) is 32.9 Å². The number of rotatable bonds is 4. The van der Waals surface area contributed by atoms with Gasteiger partial charge in [0.2, 0.25) is 5.91 Å². The minimum atomic E-state index is -0.873. The molecule has 0 radical (unpaired) electrons. The number of nitrogens with zero attached hydrogens (tertiary/aromatic N) is 3. The summed E-state index contributed by atoms with van der Waals surface area (Å²) in [4.78, 5) is 22.5. The van der Waals surface area contributed by atoms with Gasteiger partial charge in [0.05, 0.1) is 11.2 Å². The molecule has 2 fully saturated rings. The van der Waals surface area contributed by atoms with E-state index < -0.39 is 16.7 Å². The largest absolute Gasteiger partial charge is 0.337 e. The molecule has 5 rings (SSSR count). The fourth-order valence-corrected chi connectivity index (χ4v) is 4.85. The fourth-order valence-electron chi connectivity index (χ4n) is 4.69. The minimum absolute atomic E-state index is 0.0110. The smallest absolute Gasteiger partial charge is 0.246 e. The molecule has 3 aromatic rings. The molecule has 0 bridgehead atoms. The van der Waals surface area contributed by atoms with Crippen LogP contribution in [0, 0.1) is 11.6 Å². The Morgan fingerprint density at radius 2 is 2.06 bits per heavy atom. The summed E-state index contributed by atoms with van der Waals surface area (Å²) in [5.74, 6) is -0.978. The standard InChI is InChI=1S/C23H19ClF2N4O/c1-2-19(31)30-8-7-23(30)10-14(11-23)13-3-5-17-15(9-13)22(28-12-27-17)29-18-6-4-16(25)20(24)21(18)26/h2-6,9,12,14H,1,7-8,10-11H2,(H,27,28,29). The summed E-state index contributed by atoms with van der Waals surface area (Å²) in [6, 6.07) is 8.32. The zero-order valence-corrected chi connectivity index (χ0v) is 17.3. The van der Waals surface area contributed by atoms with Crippen LogP contribution >= 0.6 is 11.6 Å². The van der Waals surface area contributed by atoms with Gasteiger partial charge in [-0.05, 0) is 61.1 Å². The molecule has 2 aromatic carbocycles. The van der Waals surface area contributed by atoms with Gasteiger partial charge in [0.15, 0.2) is 5.82 Å². The second kappa shape index (κ2) is 7.27. The van der Waals surface area contributed by atoms with Crippen LogP contribution in [0.2, 0.25) is 5.02 Å². The summed E-state index contributed by atoms with van der Waals surface area (Å²) in [6.07, 6.45) is 5.57. The SMILES string of the molecule is C=CC(=O)N1CCC12CC(c1ccc3ncnc(Nc4ccc(F)c(Cl)c4F)c3c1)C2. The van der Waals surface area contributed by atoms with Crippen molar-refractivity contribution in [3.63, 3.8) is 0 Å². The lowest BCUT2D eigenvalue weighted by atomic mass is 9.59. The van der Waals surface area contributed by atoms with E-state index in [1.54, 1.807) is 0 Å². The summed E-state index contributed by atoms with van der Waals surface area (Å²) >= 11 is 5.69. The molecule has 5 nitrogen and oxygen atoms in total. The molecule has 158 valence electrons. The van der Waals surface area contributed by atoms with E-state index in [0.29, 0.717) is 17.3 Å². The van der Waals surface area contributed by atoms with Crippen LogP contribution in [-0.2, 0) is 4.79 Å². The number of amides is 1. The Balaban J connectivity index is 1.43. The Morgan fingerprint density at radius 1 is 1.26 bits per heavy atom. The zero-order chi connectivity index (χ0) is 21.8. The van der Waals surface area contributed by atoms with Crippen molar-refractivity contribution in [1.29, 1.82) is 0 Å². The van der Waals surface area contributed by atoms with Crippen molar-refractivity contribution in [2.75, 3.05) is 11.9 Å². The number of hydrogen-bond acceptors (Lipinski definition) is 4. The molecule has 1 spiro atoms. The maximum atomic E-state index is 14.4. The van der Waals surface area contributed by atoms with Gasteiger partial charge in [-0.3, -0.25) is 4.79 Å². The first kappa shape index (κ1) is 19.9. The number of anilines is 2. The fraction of sp³-hybridized carbons (Fsp3) is 0.261. The van der Waals surface area contributed by atoms with Crippen molar-refractivity contribution >= 4 is 39.9 Å². The van der Waals surface area contributed by atoms with Gasteiger partial charge in [-0.1, -0.05) is 24.2 Å². The molecule has 31 heavy (non-hydrogen) atoms. The predicted octanol–water partition coefficient (Wildman–Crippen LogP) is 5.34. The van der Waals surface area contributed by atoms with E-state index >= 15 is 0 Å². The summed E-state index contributed by atoms with van der Waals surface area (Å²) in [7, 11) is 0. The molecular weight excluding hydrogens is 422 g/mol. The maximum absolute atomic E-state index is 14.4. The topological polar surface area (TPSA) is 58.1 Å². The van der Waals surface area contributed by atoms with Crippen molar-refractivity contribution in [2.24, 2.45) is 0 Å². The van der Waals surface area contributed by atoms with Gasteiger partial charge in [-0.2, -0.15) is 0 Å². The molecule has 0 atom stereocenters. The van der Waals surface area contributed by atoms with Crippen molar-refractivity contribution < 1.29 is 13.6 Å². The van der Waals surface area contributed by atoms with E-state index in [9.17, 15) is 13.6 Å². The summed E-state index contributed by atoms with van der Waals surface area (Å²) in [5, 5.41) is 3.08. The monoisotopic (exact) mass is 440 g/mol. The number of carbonyl (C=O) groups is 1. The number of carbonyl (C=O) groups excluding carboxylic acids is 1. The number of halogens is 3. The lowest BCUT2D eigenvalue weighted by molar-refractivity contribution is -0.152. The lowest BCUT2D eigenvalue weighted by Gasteiger charge is -2.61. The third-order valence-corrected chi connectivity index (χ3v) is 6.83. The molecule has 2 aliphatic rings. The van der Waals surface area contributed by atoms with E-state index in [0.717, 1.165) is 42.8 Å². The molecule has 1 aliphatic carbocycles. The Morgan fingerprint density at radius 3 is 2.77 bits per heavy atom. The van der Waals surface area contributed by atoms with Crippen molar-refractivity contribution in [3.8, 4) is 0 Å². The number of benzene rings is 2. The minimum Gasteiger partial charge on any atom is -0.337 e. The van der Waals surface area contributed by atoms with Crippen LogP contribution in [0.1, 0.15) is 30.7 Å². The first-order valence-electron chi connectivity index (χ1n) is 10.0. The molecule has 8 heteroatoms. The number of fused-ring (bicyclic) bond motifs is 1. The van der Waals surface area contributed by atoms with Crippen LogP contribution in [0.3, 0.4) is 0 Å². The van der Waals surface area contributed by atoms with Gasteiger partial charge < -0.3 is 10.2 Å². The van der Waals surface area contributed by atoms with Crippen LogP contribution in [0.4, 0.5) is 20.3 Å². The van der Waals surface area contributed by atoms with Gasteiger partial charge in [-0.15, -0.1) is 0 Å². The predicted molar refractivity (Wildman–Crippen MR) is 115 cm³/mol. The van der Waals surface area contributed by atoms with Crippen molar-refractivity contribution in [1.82, 2.24) is 14.9 Å². The number of aromatic nitrogens is 2. The zero-order valence-electron chi connectivity index (χ0n) is 16.5. The summed E-state index contributed by atoms with van der Waals surface area (Å²) in [5.41, 5.74) is 1.81. The Bertz CT molecular complexity index is 1230. The van der Waals surface area contributed by atoms with E-state index in [4.69, 9.17) is 11.6 Å². The number of nitrogens with one attached hydrogen (secondary N) is 1. The Kier molecular flexibility index (Phi) is 4.66. The normalized spacial score (nSPS) is 22.2. The third-order valence-electron chi connectivity index (χ3n) is 6.49. The van der Waals surface area contributed by atoms with Crippen LogP contribution < -0.4 is 5.32 Å². The second-order valence-electron chi connectivity index (χ2n) is 8.12. The maximum Gasteiger partial charge on any atom is 0.246 e. The van der Waals surface area contributed by atoms with Crippen LogP contribution in [0.15, 0.2) is 49.3 Å². The molecule has 1 saturated carbocycles. The van der Waals surface area contributed by atoms with Crippen LogP contribution in [0.25, 0.3) is 10.9 Å². The van der Waals surface area contributed by atoms with E-state index in [1.165, 1.54) is 18.5 Å². The average molecular weight is 441 g/mol. The highest BCUT2D eigenvalue weighted by molar-refractivity contribution is 6.31. The summed E-state index contributed by atoms with van der Waals surface area (Å²) in [6.45, 7) is 4.37. The molecule has 1 aliphatic heterocycles. The van der Waals surface area contributed by atoms with Gasteiger partial charge in [-0.25, -0.2) is 18.7 Å². The third kappa shape index (κ3) is 3.15. The molecule has 1 N–H and O–H groups in total. The average Bonchev–Trinajstić information content (AvgIpc) is 2.72.